The standard InChI is InChI=1S/C21H25NO8S2/c1-12-17(19(23)29-4)21(31-18(12)20(24)30-5)32(25,26)22-10-6-7-15(22)14-11-13(27-2)8-9-16(14)28-3/h8-9,11,15H,6-7,10H2,1-5H3. The van der Waals surface area contributed by atoms with Gasteiger partial charge in [-0.1, -0.05) is 0 Å². The molecule has 1 saturated heterocycles. The van der Waals surface area contributed by atoms with Gasteiger partial charge in [-0.05, 0) is 43.5 Å². The summed E-state index contributed by atoms with van der Waals surface area (Å²) in [4.78, 5) is 24.7. The molecule has 0 N–H and O–H groups in total. The van der Waals surface area contributed by atoms with Crippen LogP contribution in [0.4, 0.5) is 0 Å². The van der Waals surface area contributed by atoms with Crippen molar-refractivity contribution in [2.24, 2.45) is 0 Å². The van der Waals surface area contributed by atoms with E-state index in [0.29, 0.717) is 41.2 Å². The summed E-state index contributed by atoms with van der Waals surface area (Å²) in [5.74, 6) is -0.447. The van der Waals surface area contributed by atoms with E-state index in [9.17, 15) is 18.0 Å². The van der Waals surface area contributed by atoms with Gasteiger partial charge in [-0.25, -0.2) is 18.0 Å². The Kier molecular flexibility index (Phi) is 7.11. The molecule has 1 aromatic carbocycles. The summed E-state index contributed by atoms with van der Waals surface area (Å²) in [7, 11) is 1.23. The van der Waals surface area contributed by atoms with Crippen LogP contribution >= 0.6 is 11.3 Å². The third-order valence-corrected chi connectivity index (χ3v) is 9.09. The minimum absolute atomic E-state index is 0.0428. The van der Waals surface area contributed by atoms with Gasteiger partial charge in [0.25, 0.3) is 10.0 Å². The highest BCUT2D eigenvalue weighted by Gasteiger charge is 2.42. The first kappa shape index (κ1) is 24.0. The summed E-state index contributed by atoms with van der Waals surface area (Å²) in [6, 6.07) is 4.68. The van der Waals surface area contributed by atoms with Crippen molar-refractivity contribution in [1.29, 1.82) is 0 Å². The molecule has 2 aromatic rings. The zero-order chi connectivity index (χ0) is 23.6. The van der Waals surface area contributed by atoms with Crippen molar-refractivity contribution in [3.8, 4) is 11.5 Å². The lowest BCUT2D eigenvalue weighted by atomic mass is 10.0. The molecule has 0 amide bonds. The Morgan fingerprint density at radius 3 is 2.34 bits per heavy atom. The lowest BCUT2D eigenvalue weighted by Gasteiger charge is -2.26. The number of methoxy groups -OCH3 is 4. The molecule has 0 spiro atoms. The second kappa shape index (κ2) is 9.47. The van der Waals surface area contributed by atoms with E-state index in [1.165, 1.54) is 32.6 Å². The molecule has 2 heterocycles. The highest BCUT2D eigenvalue weighted by Crippen LogP contribution is 2.44. The van der Waals surface area contributed by atoms with E-state index in [1.54, 1.807) is 18.2 Å². The van der Waals surface area contributed by atoms with Gasteiger partial charge in [0, 0.05) is 12.1 Å². The molecule has 1 unspecified atom stereocenters. The van der Waals surface area contributed by atoms with E-state index in [0.717, 1.165) is 7.11 Å². The second-order valence-corrected chi connectivity index (χ2v) is 10.2. The van der Waals surface area contributed by atoms with Crippen LogP contribution in [0.5, 0.6) is 11.5 Å². The fraction of sp³-hybridized carbons (Fsp3) is 0.429. The monoisotopic (exact) mass is 483 g/mol. The maximum absolute atomic E-state index is 13.8. The van der Waals surface area contributed by atoms with Gasteiger partial charge >= 0.3 is 11.9 Å². The Morgan fingerprint density at radius 1 is 1.06 bits per heavy atom. The number of thiophene rings is 1. The number of nitrogens with zero attached hydrogens (tertiary/aromatic N) is 1. The number of ether oxygens (including phenoxy) is 4. The first-order chi connectivity index (χ1) is 15.2. The Morgan fingerprint density at radius 2 is 1.75 bits per heavy atom. The molecular weight excluding hydrogens is 458 g/mol. The zero-order valence-electron chi connectivity index (χ0n) is 18.5. The van der Waals surface area contributed by atoms with Crippen LogP contribution in [0.15, 0.2) is 22.4 Å². The molecule has 3 rings (SSSR count). The molecule has 1 atom stereocenters. The van der Waals surface area contributed by atoms with E-state index in [4.69, 9.17) is 18.9 Å². The quantitative estimate of drug-likeness (QED) is 0.553. The Hall–Kier alpha value is -2.63. The molecule has 9 nitrogen and oxygen atoms in total. The highest BCUT2D eigenvalue weighted by molar-refractivity contribution is 7.91. The van der Waals surface area contributed by atoms with Gasteiger partial charge in [0.1, 0.15) is 16.4 Å². The van der Waals surface area contributed by atoms with Crippen LogP contribution in [-0.4, -0.2) is 59.6 Å². The van der Waals surface area contributed by atoms with Crippen molar-refractivity contribution < 1.29 is 37.0 Å². The molecule has 11 heteroatoms. The number of esters is 2. The molecular formula is C21H25NO8S2. The molecule has 0 radical (unpaired) electrons. The van der Waals surface area contributed by atoms with Crippen molar-refractivity contribution >= 4 is 33.3 Å². The van der Waals surface area contributed by atoms with Crippen molar-refractivity contribution in [2.45, 2.75) is 30.0 Å². The third kappa shape index (κ3) is 4.07. The van der Waals surface area contributed by atoms with Crippen LogP contribution in [0.1, 0.15) is 50.0 Å². The Labute approximate surface area is 190 Å². The number of hydrogen-bond acceptors (Lipinski definition) is 9. The maximum atomic E-state index is 13.8. The summed E-state index contributed by atoms with van der Waals surface area (Å²) >= 11 is 0.710. The molecule has 1 aliphatic heterocycles. The Bertz CT molecular complexity index is 1140. The first-order valence-corrected chi connectivity index (χ1v) is 12.0. The van der Waals surface area contributed by atoms with Gasteiger partial charge in [-0.15, -0.1) is 11.3 Å². The van der Waals surface area contributed by atoms with Gasteiger partial charge in [-0.2, -0.15) is 4.31 Å². The molecule has 1 fully saturated rings. The van der Waals surface area contributed by atoms with Crippen LogP contribution < -0.4 is 9.47 Å². The average Bonchev–Trinajstić information content (AvgIpc) is 3.43. The van der Waals surface area contributed by atoms with E-state index in [-0.39, 0.29) is 26.8 Å². The molecule has 174 valence electrons. The fourth-order valence-electron chi connectivity index (χ4n) is 3.84. The van der Waals surface area contributed by atoms with E-state index < -0.39 is 28.0 Å². The summed E-state index contributed by atoms with van der Waals surface area (Å²) in [6.07, 6.45) is 1.18. The Balaban J connectivity index is 2.16. The molecule has 0 bridgehead atoms. The highest BCUT2D eigenvalue weighted by atomic mass is 32.2. The predicted molar refractivity (Wildman–Crippen MR) is 117 cm³/mol. The van der Waals surface area contributed by atoms with Crippen LogP contribution in [0.25, 0.3) is 0 Å². The molecule has 1 aliphatic rings. The van der Waals surface area contributed by atoms with Gasteiger partial charge in [0.15, 0.2) is 4.21 Å². The SMILES string of the molecule is COC(=O)c1sc(S(=O)(=O)N2CCCC2c2cc(OC)ccc2OC)c(C(=O)OC)c1C. The van der Waals surface area contributed by atoms with Crippen molar-refractivity contribution in [1.82, 2.24) is 4.31 Å². The minimum atomic E-state index is -4.16. The van der Waals surface area contributed by atoms with Gasteiger partial charge in [-0.3, -0.25) is 0 Å². The first-order valence-electron chi connectivity index (χ1n) is 9.75. The number of sulfonamides is 1. The van der Waals surface area contributed by atoms with Gasteiger partial charge < -0.3 is 18.9 Å². The maximum Gasteiger partial charge on any atom is 0.348 e. The number of carbonyl (C=O) groups is 2. The molecule has 0 aliphatic carbocycles. The van der Waals surface area contributed by atoms with E-state index >= 15 is 0 Å². The fourth-order valence-corrected chi connectivity index (χ4v) is 7.37. The van der Waals surface area contributed by atoms with Crippen LogP contribution in [0.2, 0.25) is 0 Å². The van der Waals surface area contributed by atoms with Crippen LogP contribution in [0.3, 0.4) is 0 Å². The van der Waals surface area contributed by atoms with Gasteiger partial charge in [0.2, 0.25) is 0 Å². The van der Waals surface area contributed by atoms with Crippen LogP contribution in [0, 0.1) is 6.92 Å². The topological polar surface area (TPSA) is 108 Å². The minimum Gasteiger partial charge on any atom is -0.497 e. The molecule has 0 saturated carbocycles. The molecule has 1 aromatic heterocycles. The van der Waals surface area contributed by atoms with E-state index in [2.05, 4.69) is 0 Å². The summed E-state index contributed by atoms with van der Waals surface area (Å²) in [5.41, 5.74) is 0.720. The lowest BCUT2D eigenvalue weighted by Crippen LogP contribution is -2.31. The summed E-state index contributed by atoms with van der Waals surface area (Å²) < 4.78 is 49.0. The smallest absolute Gasteiger partial charge is 0.348 e. The third-order valence-electron chi connectivity index (χ3n) is 5.42. The predicted octanol–water partition coefficient (Wildman–Crippen LogP) is 3.17. The summed E-state index contributed by atoms with van der Waals surface area (Å²) in [5, 5.41) is 0. The lowest BCUT2D eigenvalue weighted by molar-refractivity contribution is 0.0596. The number of hydrogen-bond donors (Lipinski definition) is 0. The summed E-state index contributed by atoms with van der Waals surface area (Å²) in [6.45, 7) is 1.75. The number of carbonyl (C=O) groups excluding carboxylic acids is 2. The van der Waals surface area contributed by atoms with E-state index in [1.807, 2.05) is 0 Å². The van der Waals surface area contributed by atoms with Crippen molar-refractivity contribution in [3.05, 3.63) is 39.8 Å². The number of benzene rings is 1. The van der Waals surface area contributed by atoms with Crippen molar-refractivity contribution in [2.75, 3.05) is 35.0 Å². The largest absolute Gasteiger partial charge is 0.497 e. The number of rotatable bonds is 7. The van der Waals surface area contributed by atoms with Gasteiger partial charge in [0.05, 0.1) is 40.0 Å². The average molecular weight is 484 g/mol. The van der Waals surface area contributed by atoms with Crippen LogP contribution in [-0.2, 0) is 19.5 Å². The normalized spacial score (nSPS) is 16.6. The second-order valence-electron chi connectivity index (χ2n) is 7.08. The zero-order valence-corrected chi connectivity index (χ0v) is 20.1. The van der Waals surface area contributed by atoms with Crippen molar-refractivity contribution in [3.63, 3.8) is 0 Å². The molecule has 32 heavy (non-hydrogen) atoms.